The zero-order valence-corrected chi connectivity index (χ0v) is 9.67. The molecule has 0 spiro atoms. The van der Waals surface area contributed by atoms with Crippen molar-refractivity contribution in [1.29, 1.82) is 0 Å². The fraction of sp³-hybridized carbons (Fsp3) is 0.455. The third-order valence-corrected chi connectivity index (χ3v) is 2.78. The van der Waals surface area contributed by atoms with E-state index in [2.05, 4.69) is 21.6 Å². The lowest BCUT2D eigenvalue weighted by Gasteiger charge is -2.12. The van der Waals surface area contributed by atoms with Gasteiger partial charge in [0.25, 0.3) is 0 Å². The molecule has 0 saturated carbocycles. The van der Waals surface area contributed by atoms with Crippen LogP contribution in [0.1, 0.15) is 24.5 Å². The molecular weight excluding hydrogens is 202 g/mol. The molecule has 2 heterocycles. The molecule has 5 heteroatoms. The summed E-state index contributed by atoms with van der Waals surface area (Å²) < 4.78 is 3.92. The average molecular weight is 219 g/mol. The van der Waals surface area contributed by atoms with E-state index >= 15 is 0 Å². The molecule has 0 amide bonds. The second kappa shape index (κ2) is 4.49. The molecule has 2 rings (SSSR count). The van der Waals surface area contributed by atoms with Gasteiger partial charge in [0.2, 0.25) is 0 Å². The maximum absolute atomic E-state index is 6.14. The number of hydrogen-bond donors (Lipinski definition) is 1. The van der Waals surface area contributed by atoms with Crippen molar-refractivity contribution in [2.45, 2.75) is 25.9 Å². The maximum Gasteiger partial charge on any atom is 0.110 e. The molecule has 86 valence electrons. The van der Waals surface area contributed by atoms with Crippen LogP contribution in [0.3, 0.4) is 0 Å². The summed E-state index contributed by atoms with van der Waals surface area (Å²) in [6, 6.07) is 1.89. The highest BCUT2D eigenvalue weighted by molar-refractivity contribution is 5.09. The molecule has 2 aromatic heterocycles. The molecule has 0 aliphatic heterocycles. The van der Waals surface area contributed by atoms with E-state index < -0.39 is 0 Å². The van der Waals surface area contributed by atoms with E-state index in [0.717, 1.165) is 24.5 Å². The Hall–Kier alpha value is -1.62. The van der Waals surface area contributed by atoms with Crippen molar-refractivity contribution in [1.82, 2.24) is 19.3 Å². The Labute approximate surface area is 94.9 Å². The Bertz CT molecular complexity index is 456. The van der Waals surface area contributed by atoms with E-state index in [4.69, 9.17) is 5.73 Å². The van der Waals surface area contributed by atoms with E-state index in [1.54, 1.807) is 6.20 Å². The summed E-state index contributed by atoms with van der Waals surface area (Å²) in [6.45, 7) is 3.02. The number of hydrogen-bond acceptors (Lipinski definition) is 3. The second-order valence-electron chi connectivity index (χ2n) is 3.82. The molecule has 0 aliphatic rings. The van der Waals surface area contributed by atoms with Gasteiger partial charge in [-0.05, 0) is 13.0 Å². The molecule has 0 fully saturated rings. The highest BCUT2D eigenvalue weighted by Gasteiger charge is 2.13. The van der Waals surface area contributed by atoms with E-state index in [-0.39, 0.29) is 6.04 Å². The molecule has 1 unspecified atom stereocenters. The monoisotopic (exact) mass is 219 g/mol. The van der Waals surface area contributed by atoms with Crippen molar-refractivity contribution in [3.8, 4) is 0 Å². The fourth-order valence-corrected chi connectivity index (χ4v) is 1.87. The minimum atomic E-state index is -0.0554. The first-order valence-electron chi connectivity index (χ1n) is 5.46. The van der Waals surface area contributed by atoms with Gasteiger partial charge in [0.15, 0.2) is 0 Å². The molecule has 2 N–H and O–H groups in total. The summed E-state index contributed by atoms with van der Waals surface area (Å²) in [4.78, 5) is 4.32. The van der Waals surface area contributed by atoms with Crippen molar-refractivity contribution in [3.63, 3.8) is 0 Å². The third kappa shape index (κ3) is 1.99. The first kappa shape index (κ1) is 10.9. The number of imidazole rings is 1. The lowest BCUT2D eigenvalue weighted by molar-refractivity contribution is 0.580. The van der Waals surface area contributed by atoms with Gasteiger partial charge >= 0.3 is 0 Å². The Balaban J connectivity index is 2.13. The molecule has 2 aromatic rings. The topological polar surface area (TPSA) is 61.7 Å². The van der Waals surface area contributed by atoms with E-state index in [1.807, 2.05) is 30.2 Å². The highest BCUT2D eigenvalue weighted by atomic mass is 15.3. The predicted molar refractivity (Wildman–Crippen MR) is 61.7 cm³/mol. The summed E-state index contributed by atoms with van der Waals surface area (Å²) >= 11 is 0. The summed E-state index contributed by atoms with van der Waals surface area (Å²) in [5, 5.41) is 4.12. The average Bonchev–Trinajstić information content (AvgIpc) is 2.86. The van der Waals surface area contributed by atoms with Crippen molar-refractivity contribution in [3.05, 3.63) is 36.2 Å². The Morgan fingerprint density at radius 3 is 2.88 bits per heavy atom. The smallest absolute Gasteiger partial charge is 0.110 e. The van der Waals surface area contributed by atoms with Crippen molar-refractivity contribution < 1.29 is 0 Å². The van der Waals surface area contributed by atoms with Crippen molar-refractivity contribution in [2.24, 2.45) is 12.8 Å². The summed E-state index contributed by atoms with van der Waals surface area (Å²) in [5.41, 5.74) is 7.17. The largest absolute Gasteiger partial charge is 0.335 e. The summed E-state index contributed by atoms with van der Waals surface area (Å²) in [6.07, 6.45) is 6.29. The van der Waals surface area contributed by atoms with Gasteiger partial charge in [0.1, 0.15) is 5.82 Å². The van der Waals surface area contributed by atoms with Crippen LogP contribution in [0.2, 0.25) is 0 Å². The molecule has 0 aliphatic carbocycles. The third-order valence-electron chi connectivity index (χ3n) is 2.78. The van der Waals surface area contributed by atoms with Gasteiger partial charge in [-0.2, -0.15) is 5.10 Å². The van der Waals surface area contributed by atoms with Gasteiger partial charge in [-0.25, -0.2) is 4.98 Å². The van der Waals surface area contributed by atoms with Crippen LogP contribution in [0.4, 0.5) is 0 Å². The lowest BCUT2D eigenvalue weighted by Crippen LogP contribution is -2.19. The SMILES string of the molecule is CCn1ccnc1CC(N)c1ccnn1C. The Morgan fingerprint density at radius 1 is 1.44 bits per heavy atom. The fourth-order valence-electron chi connectivity index (χ4n) is 1.87. The zero-order valence-electron chi connectivity index (χ0n) is 9.67. The van der Waals surface area contributed by atoms with E-state index in [9.17, 15) is 0 Å². The minimum absolute atomic E-state index is 0.0554. The van der Waals surface area contributed by atoms with E-state index in [0.29, 0.717) is 0 Å². The minimum Gasteiger partial charge on any atom is -0.335 e. The van der Waals surface area contributed by atoms with Crippen LogP contribution in [-0.2, 0) is 20.0 Å². The van der Waals surface area contributed by atoms with Gasteiger partial charge in [-0.15, -0.1) is 0 Å². The predicted octanol–water partition coefficient (Wildman–Crippen LogP) is 0.879. The first-order valence-corrected chi connectivity index (χ1v) is 5.46. The van der Waals surface area contributed by atoms with Crippen LogP contribution in [0, 0.1) is 0 Å². The van der Waals surface area contributed by atoms with Crippen LogP contribution in [0.25, 0.3) is 0 Å². The van der Waals surface area contributed by atoms with Gasteiger partial charge in [0, 0.05) is 38.6 Å². The molecule has 16 heavy (non-hydrogen) atoms. The normalized spacial score (nSPS) is 12.9. The number of rotatable bonds is 4. The quantitative estimate of drug-likeness (QED) is 0.830. The van der Waals surface area contributed by atoms with Crippen LogP contribution in [0.5, 0.6) is 0 Å². The van der Waals surface area contributed by atoms with Crippen LogP contribution in [0.15, 0.2) is 24.7 Å². The molecule has 5 nitrogen and oxygen atoms in total. The summed E-state index contributed by atoms with van der Waals surface area (Å²) in [5.74, 6) is 1.02. The number of nitrogens with zero attached hydrogens (tertiary/aromatic N) is 4. The number of nitrogens with two attached hydrogens (primary N) is 1. The van der Waals surface area contributed by atoms with Gasteiger partial charge in [-0.1, -0.05) is 0 Å². The van der Waals surface area contributed by atoms with Gasteiger partial charge < -0.3 is 10.3 Å². The highest BCUT2D eigenvalue weighted by Crippen LogP contribution is 2.13. The van der Waals surface area contributed by atoms with Crippen molar-refractivity contribution >= 4 is 0 Å². The lowest BCUT2D eigenvalue weighted by atomic mass is 10.1. The van der Waals surface area contributed by atoms with Crippen molar-refractivity contribution in [2.75, 3.05) is 0 Å². The van der Waals surface area contributed by atoms with E-state index in [1.165, 1.54) is 0 Å². The molecule has 0 bridgehead atoms. The van der Waals surface area contributed by atoms with Gasteiger partial charge in [0.05, 0.1) is 11.7 Å². The van der Waals surface area contributed by atoms with Crippen LogP contribution >= 0.6 is 0 Å². The Morgan fingerprint density at radius 2 is 2.25 bits per heavy atom. The zero-order chi connectivity index (χ0) is 11.5. The summed E-state index contributed by atoms with van der Waals surface area (Å²) in [7, 11) is 1.90. The Kier molecular flexibility index (Phi) is 3.05. The molecular formula is C11H17N5. The molecule has 0 saturated heterocycles. The molecule has 1 atom stereocenters. The first-order chi connectivity index (χ1) is 7.72. The van der Waals surface area contributed by atoms with Crippen LogP contribution in [-0.4, -0.2) is 19.3 Å². The molecule has 0 radical (unpaired) electrons. The standard InChI is InChI=1S/C11H17N5/c1-3-16-7-6-13-11(16)8-9(12)10-4-5-14-15(10)2/h4-7,9H,3,8,12H2,1-2H3. The maximum atomic E-state index is 6.14. The molecule has 0 aromatic carbocycles. The second-order valence-corrected chi connectivity index (χ2v) is 3.82. The van der Waals surface area contributed by atoms with Crippen LogP contribution < -0.4 is 5.73 Å². The number of aryl methyl sites for hydroxylation is 2. The number of aromatic nitrogens is 4. The van der Waals surface area contributed by atoms with Gasteiger partial charge in [-0.3, -0.25) is 4.68 Å².